The Bertz CT molecular complexity index is 1200. The number of hydrogen-bond donors (Lipinski definition) is 1. The molecule has 7 heteroatoms. The van der Waals surface area contributed by atoms with E-state index < -0.39 is 10.8 Å². The van der Waals surface area contributed by atoms with Gasteiger partial charge >= 0.3 is 0 Å². The Labute approximate surface area is 180 Å². The molecule has 1 N–H and O–H groups in total. The monoisotopic (exact) mass is 438 g/mol. The minimum absolute atomic E-state index is 0.132. The SMILES string of the molecule is CC1=C(CC(=O)Nc2nccs2)c2cc(F)ccc2/C1=C/c1ccc([S@@](C)=O)cc1. The maximum atomic E-state index is 14.0. The predicted molar refractivity (Wildman–Crippen MR) is 121 cm³/mol. The molecular formula is C23H19FN2O2S2. The molecule has 0 radical (unpaired) electrons. The van der Waals surface area contributed by atoms with Crippen molar-refractivity contribution in [2.24, 2.45) is 0 Å². The highest BCUT2D eigenvalue weighted by molar-refractivity contribution is 7.84. The highest BCUT2D eigenvalue weighted by Crippen LogP contribution is 2.44. The highest BCUT2D eigenvalue weighted by Gasteiger charge is 2.26. The van der Waals surface area contributed by atoms with Gasteiger partial charge in [-0.25, -0.2) is 9.37 Å². The molecule has 1 heterocycles. The third kappa shape index (κ3) is 4.17. The molecule has 0 fully saturated rings. The summed E-state index contributed by atoms with van der Waals surface area (Å²) in [7, 11) is -1.03. The van der Waals surface area contributed by atoms with Gasteiger partial charge in [0.05, 0.1) is 6.42 Å². The molecule has 1 aliphatic rings. The van der Waals surface area contributed by atoms with E-state index in [2.05, 4.69) is 10.3 Å². The van der Waals surface area contributed by atoms with E-state index in [0.29, 0.717) is 5.13 Å². The van der Waals surface area contributed by atoms with Gasteiger partial charge in [-0.3, -0.25) is 9.00 Å². The van der Waals surface area contributed by atoms with Crippen molar-refractivity contribution in [1.29, 1.82) is 0 Å². The molecule has 0 unspecified atom stereocenters. The van der Waals surface area contributed by atoms with Crippen LogP contribution in [0.25, 0.3) is 17.2 Å². The van der Waals surface area contributed by atoms with Gasteiger partial charge < -0.3 is 5.32 Å². The van der Waals surface area contributed by atoms with Crippen LogP contribution in [0.5, 0.6) is 0 Å². The standard InChI is InChI=1S/C23H19FN2O2S2/c1-14-19(11-15-3-6-17(7-4-15)30(2)28)18-8-5-16(24)12-21(18)20(14)13-22(27)26-23-25-9-10-29-23/h3-12H,13H2,1-2H3,(H,25,26,27)/b19-11+/t30-/m1/s1. The zero-order chi connectivity index (χ0) is 21.3. The zero-order valence-corrected chi connectivity index (χ0v) is 18.1. The Kier molecular flexibility index (Phi) is 5.74. The minimum atomic E-state index is -1.03. The van der Waals surface area contributed by atoms with Crippen LogP contribution in [0.4, 0.5) is 9.52 Å². The van der Waals surface area contributed by atoms with Crippen LogP contribution in [0.3, 0.4) is 0 Å². The number of aromatic nitrogens is 1. The van der Waals surface area contributed by atoms with Gasteiger partial charge in [-0.05, 0) is 70.7 Å². The number of rotatable bonds is 5. The van der Waals surface area contributed by atoms with Gasteiger partial charge in [0.15, 0.2) is 5.13 Å². The predicted octanol–water partition coefficient (Wildman–Crippen LogP) is 5.38. The molecule has 0 saturated carbocycles. The zero-order valence-electron chi connectivity index (χ0n) is 16.4. The third-order valence-corrected chi connectivity index (χ3v) is 6.62. The van der Waals surface area contributed by atoms with Crippen molar-refractivity contribution in [3.05, 3.63) is 82.1 Å². The summed E-state index contributed by atoms with van der Waals surface area (Å²) in [4.78, 5) is 17.4. The second kappa shape index (κ2) is 8.45. The van der Waals surface area contributed by atoms with E-state index in [1.165, 1.54) is 23.5 Å². The number of carbonyl (C=O) groups is 1. The first-order valence-electron chi connectivity index (χ1n) is 9.27. The van der Waals surface area contributed by atoms with Gasteiger partial charge in [-0.1, -0.05) is 18.2 Å². The third-order valence-electron chi connectivity index (χ3n) is 4.99. The Morgan fingerprint density at radius 2 is 1.97 bits per heavy atom. The lowest BCUT2D eigenvalue weighted by atomic mass is 10.0. The second-order valence-electron chi connectivity index (χ2n) is 6.94. The van der Waals surface area contributed by atoms with Crippen molar-refractivity contribution in [3.63, 3.8) is 0 Å². The van der Waals surface area contributed by atoms with E-state index in [1.54, 1.807) is 23.9 Å². The fraction of sp³-hybridized carbons (Fsp3) is 0.130. The normalized spacial score (nSPS) is 15.4. The Balaban J connectivity index is 1.70. The van der Waals surface area contributed by atoms with Crippen molar-refractivity contribution in [2.75, 3.05) is 11.6 Å². The van der Waals surface area contributed by atoms with E-state index in [-0.39, 0.29) is 18.1 Å². The summed E-state index contributed by atoms with van der Waals surface area (Å²) in [5.41, 5.74) is 5.27. The Hall–Kier alpha value is -2.90. The lowest BCUT2D eigenvalue weighted by molar-refractivity contribution is -0.115. The number of thiazole rings is 1. The smallest absolute Gasteiger partial charge is 0.230 e. The van der Waals surface area contributed by atoms with E-state index in [1.807, 2.05) is 37.3 Å². The molecule has 1 aliphatic carbocycles. The number of halogens is 1. The lowest BCUT2D eigenvalue weighted by Crippen LogP contribution is -2.11. The molecule has 2 aromatic carbocycles. The van der Waals surface area contributed by atoms with Gasteiger partial charge in [0.2, 0.25) is 5.91 Å². The number of anilines is 1. The van der Waals surface area contributed by atoms with E-state index in [9.17, 15) is 13.4 Å². The molecule has 0 spiro atoms. The summed E-state index contributed by atoms with van der Waals surface area (Å²) >= 11 is 1.35. The molecule has 30 heavy (non-hydrogen) atoms. The minimum Gasteiger partial charge on any atom is -0.302 e. The molecule has 0 bridgehead atoms. The van der Waals surface area contributed by atoms with Crippen LogP contribution in [0, 0.1) is 5.82 Å². The molecule has 4 nitrogen and oxygen atoms in total. The van der Waals surface area contributed by atoms with Crippen molar-refractivity contribution in [2.45, 2.75) is 18.2 Å². The first kappa shape index (κ1) is 20.4. The summed E-state index contributed by atoms with van der Waals surface area (Å²) in [6.45, 7) is 1.95. The van der Waals surface area contributed by atoms with Crippen LogP contribution < -0.4 is 5.32 Å². The van der Waals surface area contributed by atoms with Gasteiger partial charge in [0, 0.05) is 33.5 Å². The number of nitrogens with one attached hydrogen (secondary N) is 1. The number of allylic oxidation sites excluding steroid dienone is 2. The van der Waals surface area contributed by atoms with Gasteiger partial charge in [-0.2, -0.15) is 0 Å². The first-order chi connectivity index (χ1) is 14.4. The van der Waals surface area contributed by atoms with Crippen LogP contribution in [-0.2, 0) is 15.6 Å². The van der Waals surface area contributed by atoms with Crippen molar-refractivity contribution >= 4 is 50.4 Å². The largest absolute Gasteiger partial charge is 0.302 e. The summed E-state index contributed by atoms with van der Waals surface area (Å²) in [5, 5.41) is 5.12. The van der Waals surface area contributed by atoms with Gasteiger partial charge in [0.1, 0.15) is 5.82 Å². The summed E-state index contributed by atoms with van der Waals surface area (Å²) in [6.07, 6.45) is 5.42. The number of benzene rings is 2. The Morgan fingerprint density at radius 1 is 1.20 bits per heavy atom. The van der Waals surface area contributed by atoms with Crippen LogP contribution >= 0.6 is 11.3 Å². The maximum Gasteiger partial charge on any atom is 0.230 e. The lowest BCUT2D eigenvalue weighted by Gasteiger charge is -2.06. The number of fused-ring (bicyclic) bond motifs is 1. The number of carbonyl (C=O) groups excluding carboxylic acids is 1. The molecular weight excluding hydrogens is 419 g/mol. The van der Waals surface area contributed by atoms with Gasteiger partial charge in [0.25, 0.3) is 0 Å². The molecule has 152 valence electrons. The van der Waals surface area contributed by atoms with E-state index in [4.69, 9.17) is 0 Å². The molecule has 0 saturated heterocycles. The average molecular weight is 439 g/mol. The second-order valence-corrected chi connectivity index (χ2v) is 9.21. The molecule has 0 aliphatic heterocycles. The maximum absolute atomic E-state index is 14.0. The quantitative estimate of drug-likeness (QED) is 0.582. The number of hydrogen-bond acceptors (Lipinski definition) is 4. The topological polar surface area (TPSA) is 59.1 Å². The van der Waals surface area contributed by atoms with Crippen LogP contribution in [-0.4, -0.2) is 21.4 Å². The van der Waals surface area contributed by atoms with Crippen molar-refractivity contribution in [3.8, 4) is 0 Å². The molecule has 3 aromatic rings. The molecule has 1 amide bonds. The van der Waals surface area contributed by atoms with Crippen molar-refractivity contribution in [1.82, 2.24) is 4.98 Å². The average Bonchev–Trinajstić information content (AvgIpc) is 3.31. The fourth-order valence-corrected chi connectivity index (χ4v) is 4.58. The van der Waals surface area contributed by atoms with E-state index >= 15 is 0 Å². The van der Waals surface area contributed by atoms with Crippen LogP contribution in [0.1, 0.15) is 30.0 Å². The molecule has 4 rings (SSSR count). The summed E-state index contributed by atoms with van der Waals surface area (Å²) < 4.78 is 25.6. The summed E-state index contributed by atoms with van der Waals surface area (Å²) in [5.74, 6) is -0.527. The van der Waals surface area contributed by atoms with E-state index in [0.717, 1.165) is 38.3 Å². The summed E-state index contributed by atoms with van der Waals surface area (Å²) in [6, 6.07) is 12.2. The van der Waals surface area contributed by atoms with Crippen LogP contribution in [0.15, 0.2) is 64.5 Å². The van der Waals surface area contributed by atoms with Gasteiger partial charge in [-0.15, -0.1) is 11.3 Å². The number of amides is 1. The Morgan fingerprint density at radius 3 is 2.63 bits per heavy atom. The first-order valence-corrected chi connectivity index (χ1v) is 11.7. The molecule has 1 atom stereocenters. The molecule has 1 aromatic heterocycles. The fourth-order valence-electron chi connectivity index (χ4n) is 3.51. The highest BCUT2D eigenvalue weighted by atomic mass is 32.2. The van der Waals surface area contributed by atoms with Crippen molar-refractivity contribution < 1.29 is 13.4 Å². The van der Waals surface area contributed by atoms with Crippen LogP contribution in [0.2, 0.25) is 0 Å². The number of nitrogens with zero attached hydrogens (tertiary/aromatic N) is 1.